The number of fused-ring (bicyclic) bond motifs is 1. The molecule has 0 unspecified atom stereocenters. The minimum atomic E-state index is -0.191. The second-order valence-corrected chi connectivity index (χ2v) is 8.32. The number of hydrogen-bond acceptors (Lipinski definition) is 6. The van der Waals surface area contributed by atoms with Crippen LogP contribution in [0.25, 0.3) is 16.6 Å². The summed E-state index contributed by atoms with van der Waals surface area (Å²) in [6, 6.07) is 13.5. The van der Waals surface area contributed by atoms with Gasteiger partial charge in [-0.3, -0.25) is 9.48 Å². The van der Waals surface area contributed by atoms with E-state index in [1.807, 2.05) is 48.5 Å². The van der Waals surface area contributed by atoms with E-state index in [-0.39, 0.29) is 18.5 Å². The predicted molar refractivity (Wildman–Crippen MR) is 123 cm³/mol. The smallest absolute Gasteiger partial charge is 0.309 e. The SMILES string of the molecule is Cn1cc(-c2ccc3c(N4CCC(C(=O)OCc5ccccc5C#N)CC4)cnn3c2)cn1. The van der Waals surface area contributed by atoms with Crippen molar-refractivity contribution in [1.82, 2.24) is 19.4 Å². The molecule has 0 amide bonds. The molecule has 5 rings (SSSR count). The van der Waals surface area contributed by atoms with Gasteiger partial charge in [0.1, 0.15) is 6.61 Å². The lowest BCUT2D eigenvalue weighted by Gasteiger charge is -2.31. The van der Waals surface area contributed by atoms with Gasteiger partial charge in [-0.05, 0) is 25.0 Å². The van der Waals surface area contributed by atoms with Crippen molar-refractivity contribution in [3.05, 3.63) is 72.3 Å². The van der Waals surface area contributed by atoms with Gasteiger partial charge in [-0.1, -0.05) is 24.3 Å². The third-order valence-electron chi connectivity index (χ3n) is 6.21. The zero-order chi connectivity index (χ0) is 22.8. The van der Waals surface area contributed by atoms with Crippen molar-refractivity contribution < 1.29 is 9.53 Å². The summed E-state index contributed by atoms with van der Waals surface area (Å²) in [6.45, 7) is 1.66. The van der Waals surface area contributed by atoms with Crippen LogP contribution in [-0.2, 0) is 23.2 Å². The first-order chi connectivity index (χ1) is 16.1. The summed E-state index contributed by atoms with van der Waals surface area (Å²) in [5, 5.41) is 18.0. The zero-order valence-corrected chi connectivity index (χ0v) is 18.4. The number of rotatable bonds is 5. The second-order valence-electron chi connectivity index (χ2n) is 8.32. The van der Waals surface area contributed by atoms with E-state index in [2.05, 4.69) is 33.3 Å². The maximum atomic E-state index is 12.6. The average molecular weight is 441 g/mol. The van der Waals surface area contributed by atoms with Crippen LogP contribution < -0.4 is 4.90 Å². The van der Waals surface area contributed by atoms with E-state index in [4.69, 9.17) is 4.74 Å². The Morgan fingerprint density at radius 1 is 1.09 bits per heavy atom. The second kappa shape index (κ2) is 8.79. The largest absolute Gasteiger partial charge is 0.461 e. The van der Waals surface area contributed by atoms with Crippen LogP contribution in [0.1, 0.15) is 24.0 Å². The minimum Gasteiger partial charge on any atom is -0.461 e. The van der Waals surface area contributed by atoms with Gasteiger partial charge in [0.15, 0.2) is 0 Å². The number of hydrogen-bond donors (Lipinski definition) is 0. The molecular formula is C25H24N6O2. The Hall–Kier alpha value is -4.12. The number of aromatic nitrogens is 4. The summed E-state index contributed by atoms with van der Waals surface area (Å²) in [7, 11) is 1.90. The normalized spacial score (nSPS) is 14.4. The standard InChI is InChI=1S/C25H24N6O2/c1-29-15-22(13-27-29)20-6-7-23-24(14-28-31(23)16-20)30-10-8-18(9-11-30)25(32)33-17-21-5-3-2-4-19(21)12-26/h2-7,13-16,18H,8-11,17H2,1H3. The van der Waals surface area contributed by atoms with Crippen molar-refractivity contribution in [2.75, 3.05) is 18.0 Å². The van der Waals surface area contributed by atoms with E-state index in [9.17, 15) is 10.1 Å². The first-order valence-electron chi connectivity index (χ1n) is 11.0. The molecule has 1 aliphatic rings. The van der Waals surface area contributed by atoms with E-state index >= 15 is 0 Å². The number of aryl methyl sites for hydroxylation is 1. The van der Waals surface area contributed by atoms with Gasteiger partial charge >= 0.3 is 5.97 Å². The number of carbonyl (C=O) groups excluding carboxylic acids is 1. The molecule has 166 valence electrons. The van der Waals surface area contributed by atoms with E-state index in [0.29, 0.717) is 5.56 Å². The van der Waals surface area contributed by atoms with Crippen molar-refractivity contribution >= 4 is 17.2 Å². The van der Waals surface area contributed by atoms with Crippen molar-refractivity contribution in [2.24, 2.45) is 13.0 Å². The summed E-state index contributed by atoms with van der Waals surface area (Å²) in [6.07, 6.45) is 9.18. The van der Waals surface area contributed by atoms with Crippen molar-refractivity contribution in [1.29, 1.82) is 5.26 Å². The molecule has 4 aromatic rings. The van der Waals surface area contributed by atoms with Crippen LogP contribution in [0.5, 0.6) is 0 Å². The maximum absolute atomic E-state index is 12.6. The third kappa shape index (κ3) is 4.17. The Labute approximate surface area is 191 Å². The number of carbonyl (C=O) groups is 1. The maximum Gasteiger partial charge on any atom is 0.309 e. The zero-order valence-electron chi connectivity index (χ0n) is 18.4. The van der Waals surface area contributed by atoms with E-state index in [1.54, 1.807) is 16.8 Å². The van der Waals surface area contributed by atoms with Crippen LogP contribution in [0.4, 0.5) is 5.69 Å². The number of anilines is 1. The number of piperidine rings is 1. The Balaban J connectivity index is 1.22. The summed E-state index contributed by atoms with van der Waals surface area (Å²) in [5.74, 6) is -0.321. The quantitative estimate of drug-likeness (QED) is 0.441. The molecule has 0 bridgehead atoms. The lowest BCUT2D eigenvalue weighted by atomic mass is 9.96. The van der Waals surface area contributed by atoms with Crippen molar-refractivity contribution in [2.45, 2.75) is 19.4 Å². The summed E-state index contributed by atoms with van der Waals surface area (Å²) < 4.78 is 9.21. The third-order valence-corrected chi connectivity index (χ3v) is 6.21. The molecule has 0 atom stereocenters. The van der Waals surface area contributed by atoms with E-state index in [1.165, 1.54) is 0 Å². The molecule has 33 heavy (non-hydrogen) atoms. The lowest BCUT2D eigenvalue weighted by molar-refractivity contribution is -0.150. The number of nitrogens with zero attached hydrogens (tertiary/aromatic N) is 6. The minimum absolute atomic E-state index is 0.130. The molecule has 1 aliphatic heterocycles. The van der Waals surface area contributed by atoms with Gasteiger partial charge in [-0.15, -0.1) is 0 Å². The number of nitriles is 1. The Bertz CT molecular complexity index is 1340. The highest BCUT2D eigenvalue weighted by atomic mass is 16.5. The molecule has 1 aromatic carbocycles. The first kappa shape index (κ1) is 20.8. The van der Waals surface area contributed by atoms with Crippen LogP contribution in [0.3, 0.4) is 0 Å². The molecule has 8 nitrogen and oxygen atoms in total. The Kier molecular flexibility index (Phi) is 5.53. The lowest BCUT2D eigenvalue weighted by Crippen LogP contribution is -2.36. The molecular weight excluding hydrogens is 416 g/mol. The Morgan fingerprint density at radius 3 is 2.67 bits per heavy atom. The molecule has 0 radical (unpaired) electrons. The van der Waals surface area contributed by atoms with Gasteiger partial charge < -0.3 is 9.64 Å². The molecule has 0 N–H and O–H groups in total. The topological polar surface area (TPSA) is 88.5 Å². The van der Waals surface area contributed by atoms with Crippen LogP contribution in [0, 0.1) is 17.2 Å². The fraction of sp³-hybridized carbons (Fsp3) is 0.280. The van der Waals surface area contributed by atoms with Crippen LogP contribution in [0.2, 0.25) is 0 Å². The van der Waals surface area contributed by atoms with Crippen LogP contribution in [0.15, 0.2) is 61.2 Å². The molecule has 0 aliphatic carbocycles. The van der Waals surface area contributed by atoms with Crippen molar-refractivity contribution in [3.63, 3.8) is 0 Å². The number of benzene rings is 1. The highest BCUT2D eigenvalue weighted by Crippen LogP contribution is 2.29. The molecule has 0 spiro atoms. The summed E-state index contributed by atoms with van der Waals surface area (Å²) in [5.41, 5.74) is 5.50. The molecule has 4 heterocycles. The number of ether oxygens (including phenoxy) is 1. The highest BCUT2D eigenvalue weighted by Gasteiger charge is 2.27. The van der Waals surface area contributed by atoms with Gasteiger partial charge in [0, 0.05) is 49.2 Å². The van der Waals surface area contributed by atoms with E-state index in [0.717, 1.165) is 53.8 Å². The van der Waals surface area contributed by atoms with Gasteiger partial charge in [-0.25, -0.2) is 4.52 Å². The van der Waals surface area contributed by atoms with Crippen molar-refractivity contribution in [3.8, 4) is 17.2 Å². The van der Waals surface area contributed by atoms with E-state index < -0.39 is 0 Å². The van der Waals surface area contributed by atoms with Gasteiger partial charge in [0.05, 0.1) is 41.1 Å². The molecule has 1 fully saturated rings. The van der Waals surface area contributed by atoms with Crippen LogP contribution >= 0.6 is 0 Å². The highest BCUT2D eigenvalue weighted by molar-refractivity contribution is 5.76. The van der Waals surface area contributed by atoms with Gasteiger partial charge in [0.2, 0.25) is 0 Å². The molecule has 3 aromatic heterocycles. The summed E-state index contributed by atoms with van der Waals surface area (Å²) in [4.78, 5) is 14.9. The fourth-order valence-corrected chi connectivity index (χ4v) is 4.33. The van der Waals surface area contributed by atoms with Crippen LogP contribution in [-0.4, -0.2) is 38.5 Å². The van der Waals surface area contributed by atoms with Gasteiger partial charge in [0.25, 0.3) is 0 Å². The summed E-state index contributed by atoms with van der Waals surface area (Å²) >= 11 is 0. The molecule has 0 saturated carbocycles. The monoisotopic (exact) mass is 440 g/mol. The first-order valence-corrected chi connectivity index (χ1v) is 11.0. The number of esters is 1. The Morgan fingerprint density at radius 2 is 1.91 bits per heavy atom. The predicted octanol–water partition coefficient (Wildman–Crippen LogP) is 3.57. The van der Waals surface area contributed by atoms with Gasteiger partial charge in [-0.2, -0.15) is 15.5 Å². The molecule has 8 heteroatoms. The average Bonchev–Trinajstić information content (AvgIpc) is 3.48. The molecule has 1 saturated heterocycles. The fourth-order valence-electron chi connectivity index (χ4n) is 4.33. The number of pyridine rings is 1.